The van der Waals surface area contributed by atoms with Gasteiger partial charge in [0.15, 0.2) is 5.82 Å². The summed E-state index contributed by atoms with van der Waals surface area (Å²) < 4.78 is 5.05. The van der Waals surface area contributed by atoms with E-state index in [1.54, 1.807) is 11.1 Å². The normalized spacial score (nSPS) is 19.1. The van der Waals surface area contributed by atoms with E-state index in [0.717, 1.165) is 18.9 Å². The van der Waals surface area contributed by atoms with Gasteiger partial charge < -0.3 is 19.4 Å². The van der Waals surface area contributed by atoms with Crippen molar-refractivity contribution in [2.45, 2.75) is 32.6 Å². The largest absolute Gasteiger partial charge is 0.450 e. The van der Waals surface area contributed by atoms with E-state index in [-0.39, 0.29) is 6.09 Å². The maximum atomic E-state index is 11.8. The van der Waals surface area contributed by atoms with Gasteiger partial charge in [0, 0.05) is 39.3 Å². The van der Waals surface area contributed by atoms with Crippen LogP contribution in [0.5, 0.6) is 0 Å². The van der Waals surface area contributed by atoms with Crippen molar-refractivity contribution < 1.29 is 9.53 Å². The molecule has 2 fully saturated rings. The van der Waals surface area contributed by atoms with E-state index >= 15 is 0 Å². The molecule has 0 N–H and O–H groups in total. The molecule has 0 aromatic carbocycles. The highest BCUT2D eigenvalue weighted by Crippen LogP contribution is 2.19. The Bertz CT molecular complexity index is 539. The second-order valence-electron chi connectivity index (χ2n) is 6.19. The fraction of sp³-hybridized carbons (Fsp3) is 0.750. The average molecular weight is 334 g/mol. The maximum absolute atomic E-state index is 11.8. The highest BCUT2D eigenvalue weighted by Gasteiger charge is 2.24. The lowest BCUT2D eigenvalue weighted by Gasteiger charge is -2.34. The first-order chi connectivity index (χ1) is 11.8. The lowest BCUT2D eigenvalue weighted by molar-refractivity contribution is 0.105. The molecule has 8 heteroatoms. The summed E-state index contributed by atoms with van der Waals surface area (Å²) in [6.45, 7) is 6.94. The Morgan fingerprint density at radius 1 is 1.04 bits per heavy atom. The molecule has 0 aliphatic carbocycles. The second kappa shape index (κ2) is 8.12. The van der Waals surface area contributed by atoms with E-state index in [1.807, 2.05) is 6.92 Å². The fourth-order valence-electron chi connectivity index (χ4n) is 3.18. The van der Waals surface area contributed by atoms with Gasteiger partial charge in [-0.3, -0.25) is 0 Å². The summed E-state index contributed by atoms with van der Waals surface area (Å²) in [6, 6.07) is 0. The van der Waals surface area contributed by atoms with E-state index in [2.05, 4.69) is 20.0 Å². The Kier molecular flexibility index (Phi) is 5.66. The van der Waals surface area contributed by atoms with Crippen LogP contribution in [0.4, 0.5) is 16.6 Å². The summed E-state index contributed by atoms with van der Waals surface area (Å²) >= 11 is 0. The zero-order valence-corrected chi connectivity index (χ0v) is 14.4. The third-order valence-corrected chi connectivity index (χ3v) is 4.55. The van der Waals surface area contributed by atoms with Crippen LogP contribution >= 0.6 is 0 Å². The molecule has 8 nitrogen and oxygen atoms in total. The number of aromatic nitrogens is 3. The Morgan fingerprint density at radius 3 is 2.42 bits per heavy atom. The summed E-state index contributed by atoms with van der Waals surface area (Å²) in [7, 11) is 0. The summed E-state index contributed by atoms with van der Waals surface area (Å²) in [5.41, 5.74) is 0. The van der Waals surface area contributed by atoms with Crippen LogP contribution in [0.3, 0.4) is 0 Å². The monoisotopic (exact) mass is 334 g/mol. The van der Waals surface area contributed by atoms with Crippen molar-refractivity contribution in [3.63, 3.8) is 0 Å². The summed E-state index contributed by atoms with van der Waals surface area (Å²) in [5.74, 6) is 1.56. The molecule has 0 spiro atoms. The van der Waals surface area contributed by atoms with Crippen molar-refractivity contribution in [2.24, 2.45) is 0 Å². The number of carbonyl (C=O) groups is 1. The predicted octanol–water partition coefficient (Wildman–Crippen LogP) is 1.53. The van der Waals surface area contributed by atoms with Crippen molar-refractivity contribution in [3.8, 4) is 0 Å². The molecule has 0 radical (unpaired) electrons. The van der Waals surface area contributed by atoms with E-state index in [9.17, 15) is 4.79 Å². The first kappa shape index (κ1) is 16.7. The van der Waals surface area contributed by atoms with Gasteiger partial charge in [0.2, 0.25) is 5.95 Å². The summed E-state index contributed by atoms with van der Waals surface area (Å²) in [4.78, 5) is 22.6. The van der Waals surface area contributed by atoms with Gasteiger partial charge in [-0.15, -0.1) is 5.10 Å². The molecule has 0 saturated carbocycles. The van der Waals surface area contributed by atoms with Crippen molar-refractivity contribution in [2.75, 3.05) is 55.7 Å². The Morgan fingerprint density at radius 2 is 1.75 bits per heavy atom. The molecule has 3 rings (SSSR count). The van der Waals surface area contributed by atoms with E-state index < -0.39 is 0 Å². The zero-order chi connectivity index (χ0) is 16.8. The molecule has 0 unspecified atom stereocenters. The number of hydrogen-bond donors (Lipinski definition) is 0. The van der Waals surface area contributed by atoms with Gasteiger partial charge in [-0.1, -0.05) is 12.8 Å². The third kappa shape index (κ3) is 4.04. The number of anilines is 2. The summed E-state index contributed by atoms with van der Waals surface area (Å²) in [6.07, 6.45) is 6.50. The molecule has 2 aliphatic heterocycles. The van der Waals surface area contributed by atoms with Crippen LogP contribution in [-0.4, -0.2) is 72.0 Å². The third-order valence-electron chi connectivity index (χ3n) is 4.55. The number of nitrogens with zero attached hydrogens (tertiary/aromatic N) is 6. The highest BCUT2D eigenvalue weighted by atomic mass is 16.6. The molecule has 24 heavy (non-hydrogen) atoms. The van der Waals surface area contributed by atoms with Gasteiger partial charge in [0.1, 0.15) is 0 Å². The number of piperazine rings is 1. The van der Waals surface area contributed by atoms with Gasteiger partial charge in [0.05, 0.1) is 12.8 Å². The van der Waals surface area contributed by atoms with Crippen molar-refractivity contribution >= 4 is 17.9 Å². The van der Waals surface area contributed by atoms with E-state index in [1.165, 1.54) is 25.7 Å². The molecule has 132 valence electrons. The first-order valence-electron chi connectivity index (χ1n) is 8.89. The van der Waals surface area contributed by atoms with Crippen LogP contribution in [-0.2, 0) is 4.74 Å². The maximum Gasteiger partial charge on any atom is 0.409 e. The lowest BCUT2D eigenvalue weighted by Crippen LogP contribution is -2.49. The summed E-state index contributed by atoms with van der Waals surface area (Å²) in [5, 5.41) is 8.34. The van der Waals surface area contributed by atoms with Gasteiger partial charge in [-0.25, -0.2) is 4.79 Å². The molecule has 2 aliphatic rings. The van der Waals surface area contributed by atoms with Crippen LogP contribution in [0.25, 0.3) is 0 Å². The first-order valence-corrected chi connectivity index (χ1v) is 8.89. The van der Waals surface area contributed by atoms with Gasteiger partial charge in [0.25, 0.3) is 0 Å². The van der Waals surface area contributed by atoms with Crippen LogP contribution in [0.2, 0.25) is 0 Å². The Labute approximate surface area is 142 Å². The second-order valence-corrected chi connectivity index (χ2v) is 6.19. The van der Waals surface area contributed by atoms with Crippen molar-refractivity contribution in [1.29, 1.82) is 0 Å². The van der Waals surface area contributed by atoms with Crippen LogP contribution in [0.15, 0.2) is 6.20 Å². The van der Waals surface area contributed by atoms with Gasteiger partial charge in [-0.2, -0.15) is 10.1 Å². The average Bonchev–Trinajstić information content (AvgIpc) is 2.92. The molecule has 0 bridgehead atoms. The van der Waals surface area contributed by atoms with Crippen molar-refractivity contribution in [1.82, 2.24) is 20.1 Å². The molecule has 1 aromatic rings. The minimum atomic E-state index is -0.241. The van der Waals surface area contributed by atoms with Crippen LogP contribution in [0.1, 0.15) is 32.6 Å². The SMILES string of the molecule is CCOC(=O)N1CCN(c2nncc(N3CCCCCC3)n2)CC1. The number of carbonyl (C=O) groups excluding carboxylic acids is 1. The molecular weight excluding hydrogens is 308 g/mol. The number of amides is 1. The number of rotatable bonds is 3. The van der Waals surface area contributed by atoms with Gasteiger partial charge in [-0.05, 0) is 19.8 Å². The standard InChI is InChI=1S/C16H26N6O2/c1-2-24-16(23)22-11-9-21(10-12-22)15-18-14(13-17-19-15)20-7-5-3-4-6-8-20/h13H,2-12H2,1H3. The van der Waals surface area contributed by atoms with E-state index in [4.69, 9.17) is 9.72 Å². The quantitative estimate of drug-likeness (QED) is 0.830. The number of ether oxygens (including phenoxy) is 1. The van der Waals surface area contributed by atoms with E-state index in [0.29, 0.717) is 38.7 Å². The van der Waals surface area contributed by atoms with Crippen LogP contribution < -0.4 is 9.80 Å². The minimum Gasteiger partial charge on any atom is -0.450 e. The molecule has 1 amide bonds. The molecular formula is C16H26N6O2. The Balaban J connectivity index is 1.61. The molecule has 3 heterocycles. The molecule has 0 atom stereocenters. The smallest absolute Gasteiger partial charge is 0.409 e. The Hall–Kier alpha value is -2.12. The molecule has 2 saturated heterocycles. The van der Waals surface area contributed by atoms with Crippen molar-refractivity contribution in [3.05, 3.63) is 6.20 Å². The fourth-order valence-corrected chi connectivity index (χ4v) is 3.18. The minimum absolute atomic E-state index is 0.241. The molecule has 1 aromatic heterocycles. The van der Waals surface area contributed by atoms with Gasteiger partial charge >= 0.3 is 6.09 Å². The van der Waals surface area contributed by atoms with Crippen LogP contribution in [0, 0.1) is 0 Å². The zero-order valence-electron chi connectivity index (χ0n) is 14.4. The lowest BCUT2D eigenvalue weighted by atomic mass is 10.2. The topological polar surface area (TPSA) is 74.7 Å². The number of hydrogen-bond acceptors (Lipinski definition) is 7. The predicted molar refractivity (Wildman–Crippen MR) is 91.3 cm³/mol. The highest BCUT2D eigenvalue weighted by molar-refractivity contribution is 5.68.